The molecule has 6 rings (SSSR count). The summed E-state index contributed by atoms with van der Waals surface area (Å²) in [6, 6.07) is 25.9. The fraction of sp³-hybridized carbons (Fsp3) is 0.250. The van der Waals surface area contributed by atoms with Crippen LogP contribution in [-0.4, -0.2) is 0 Å². The van der Waals surface area contributed by atoms with Gasteiger partial charge < -0.3 is 11.5 Å². The van der Waals surface area contributed by atoms with Gasteiger partial charge in [-0.3, -0.25) is 0 Å². The predicted octanol–water partition coefficient (Wildman–Crippen LogP) is 4.27. The van der Waals surface area contributed by atoms with Crippen LogP contribution in [0.5, 0.6) is 0 Å². The molecule has 0 aliphatic heterocycles. The van der Waals surface area contributed by atoms with Gasteiger partial charge in [0.1, 0.15) is 0 Å². The highest BCUT2D eigenvalue weighted by molar-refractivity contribution is 5.33. The Hall–Kier alpha value is -2.42. The SMILES string of the molecule is NC1c2ccc(cc2)CCc2cccc(c2)CCc2ccc(cc2)C1N. The molecule has 6 bridgehead atoms. The minimum absolute atomic E-state index is 0.194. The summed E-state index contributed by atoms with van der Waals surface area (Å²) in [4.78, 5) is 0. The van der Waals surface area contributed by atoms with Gasteiger partial charge in [0.15, 0.2) is 0 Å². The van der Waals surface area contributed by atoms with E-state index in [1.54, 1.807) is 0 Å². The first-order valence-corrected chi connectivity index (χ1v) is 9.46. The Labute approximate surface area is 155 Å². The molecule has 4 N–H and O–H groups in total. The summed E-state index contributed by atoms with van der Waals surface area (Å²) in [6.07, 6.45) is 4.21. The summed E-state index contributed by atoms with van der Waals surface area (Å²) in [5.41, 5.74) is 20.6. The zero-order valence-corrected chi connectivity index (χ0v) is 15.1. The van der Waals surface area contributed by atoms with Crippen LogP contribution in [0.3, 0.4) is 0 Å². The number of hydrogen-bond donors (Lipinski definition) is 2. The third-order valence-electron chi connectivity index (χ3n) is 5.51. The van der Waals surface area contributed by atoms with E-state index in [2.05, 4.69) is 72.8 Å². The number of hydrogen-bond acceptors (Lipinski definition) is 2. The van der Waals surface area contributed by atoms with E-state index in [9.17, 15) is 0 Å². The maximum absolute atomic E-state index is 6.45. The van der Waals surface area contributed by atoms with Crippen LogP contribution in [-0.2, 0) is 25.7 Å². The van der Waals surface area contributed by atoms with E-state index in [1.807, 2.05) is 0 Å². The van der Waals surface area contributed by atoms with Gasteiger partial charge in [-0.05, 0) is 59.1 Å². The summed E-state index contributed by atoms with van der Waals surface area (Å²) in [7, 11) is 0. The molecule has 0 saturated heterocycles. The molecule has 3 aromatic rings. The van der Waals surface area contributed by atoms with Crippen LogP contribution in [0.1, 0.15) is 45.5 Å². The van der Waals surface area contributed by atoms with Gasteiger partial charge >= 0.3 is 0 Å². The fourth-order valence-electron chi connectivity index (χ4n) is 3.75. The maximum atomic E-state index is 6.45. The van der Waals surface area contributed by atoms with Gasteiger partial charge in [-0.2, -0.15) is 0 Å². The van der Waals surface area contributed by atoms with E-state index in [-0.39, 0.29) is 12.1 Å². The molecule has 0 spiro atoms. The quantitative estimate of drug-likeness (QED) is 0.641. The minimum Gasteiger partial charge on any atom is -0.322 e. The maximum Gasteiger partial charge on any atom is 0.0491 e. The number of nitrogens with two attached hydrogens (primary N) is 2. The van der Waals surface area contributed by atoms with Crippen molar-refractivity contribution < 1.29 is 0 Å². The summed E-state index contributed by atoms with van der Waals surface area (Å²) in [5.74, 6) is 0. The molecule has 0 heterocycles. The lowest BCUT2D eigenvalue weighted by Gasteiger charge is -2.21. The van der Waals surface area contributed by atoms with Crippen LogP contribution in [0.15, 0.2) is 72.8 Å². The second-order valence-electron chi connectivity index (χ2n) is 7.35. The number of fused-ring (bicyclic) bond motifs is 2. The van der Waals surface area contributed by atoms with Crippen LogP contribution in [0.25, 0.3) is 0 Å². The second kappa shape index (κ2) is 7.45. The van der Waals surface area contributed by atoms with E-state index in [0.717, 1.165) is 36.8 Å². The normalized spacial score (nSPS) is 20.1. The van der Waals surface area contributed by atoms with Crippen molar-refractivity contribution in [3.63, 3.8) is 0 Å². The summed E-state index contributed by atoms with van der Waals surface area (Å²) >= 11 is 0. The van der Waals surface area contributed by atoms with E-state index < -0.39 is 0 Å². The monoisotopic (exact) mass is 342 g/mol. The predicted molar refractivity (Wildman–Crippen MR) is 108 cm³/mol. The Balaban J connectivity index is 1.70. The molecule has 0 radical (unpaired) electrons. The Morgan fingerprint density at radius 3 is 1.31 bits per heavy atom. The smallest absolute Gasteiger partial charge is 0.0491 e. The van der Waals surface area contributed by atoms with Gasteiger partial charge in [-0.25, -0.2) is 0 Å². The van der Waals surface area contributed by atoms with Crippen LogP contribution in [0, 0.1) is 0 Å². The molecule has 0 fully saturated rings. The Morgan fingerprint density at radius 1 is 0.500 bits per heavy atom. The van der Waals surface area contributed by atoms with Crippen molar-refractivity contribution in [3.8, 4) is 0 Å². The van der Waals surface area contributed by atoms with Gasteiger partial charge in [-0.1, -0.05) is 72.8 Å². The van der Waals surface area contributed by atoms with Crippen LogP contribution >= 0.6 is 0 Å². The molecule has 3 aromatic carbocycles. The summed E-state index contributed by atoms with van der Waals surface area (Å²) in [6.45, 7) is 0. The molecule has 3 aliphatic carbocycles. The van der Waals surface area contributed by atoms with Gasteiger partial charge in [-0.15, -0.1) is 0 Å². The minimum atomic E-state index is -0.194. The first-order chi connectivity index (χ1) is 12.7. The first kappa shape index (κ1) is 17.0. The van der Waals surface area contributed by atoms with Gasteiger partial charge in [0, 0.05) is 12.1 Å². The van der Waals surface area contributed by atoms with Crippen LogP contribution < -0.4 is 11.5 Å². The number of aryl methyl sites for hydroxylation is 4. The average Bonchev–Trinajstić information content (AvgIpc) is 2.70. The third kappa shape index (κ3) is 3.72. The first-order valence-electron chi connectivity index (χ1n) is 9.46. The fourth-order valence-corrected chi connectivity index (χ4v) is 3.75. The molecule has 2 nitrogen and oxygen atoms in total. The van der Waals surface area contributed by atoms with E-state index in [4.69, 9.17) is 11.5 Å². The largest absolute Gasteiger partial charge is 0.322 e. The van der Waals surface area contributed by atoms with Gasteiger partial charge in [0.05, 0.1) is 0 Å². The highest BCUT2D eigenvalue weighted by atomic mass is 14.8. The number of rotatable bonds is 0. The molecule has 132 valence electrons. The molecule has 3 aliphatic rings. The zero-order chi connectivity index (χ0) is 17.9. The van der Waals surface area contributed by atoms with Crippen molar-refractivity contribution in [2.75, 3.05) is 0 Å². The topological polar surface area (TPSA) is 52.0 Å². The van der Waals surface area contributed by atoms with Crippen molar-refractivity contribution in [3.05, 3.63) is 106 Å². The molecular formula is C24H26N2. The highest BCUT2D eigenvalue weighted by Crippen LogP contribution is 2.26. The average molecular weight is 342 g/mol. The summed E-state index contributed by atoms with van der Waals surface area (Å²) in [5, 5.41) is 0. The van der Waals surface area contributed by atoms with Crippen molar-refractivity contribution in [2.45, 2.75) is 37.8 Å². The molecule has 2 unspecified atom stereocenters. The molecular weight excluding hydrogens is 316 g/mol. The van der Waals surface area contributed by atoms with E-state index in [0.29, 0.717) is 0 Å². The van der Waals surface area contributed by atoms with Crippen molar-refractivity contribution in [1.29, 1.82) is 0 Å². The third-order valence-corrected chi connectivity index (χ3v) is 5.51. The lowest BCUT2D eigenvalue weighted by Crippen LogP contribution is -2.26. The van der Waals surface area contributed by atoms with Crippen molar-refractivity contribution in [2.24, 2.45) is 11.5 Å². The summed E-state index contributed by atoms with van der Waals surface area (Å²) < 4.78 is 0. The molecule has 2 heteroatoms. The molecule has 26 heavy (non-hydrogen) atoms. The van der Waals surface area contributed by atoms with Crippen LogP contribution in [0.2, 0.25) is 0 Å². The standard InChI is InChI=1S/C24H26N2/c25-23-21-12-8-17(9-13-21)4-6-19-2-1-3-20(16-19)7-5-18-10-14-22(15-11-18)24(23)26/h1-3,8-16,23-24H,4-7,25-26H2. The molecule has 0 saturated carbocycles. The lowest BCUT2D eigenvalue weighted by atomic mass is 9.93. The van der Waals surface area contributed by atoms with Crippen molar-refractivity contribution >= 4 is 0 Å². The van der Waals surface area contributed by atoms with Gasteiger partial charge in [0.25, 0.3) is 0 Å². The molecule has 0 aromatic heterocycles. The second-order valence-corrected chi connectivity index (χ2v) is 7.35. The van der Waals surface area contributed by atoms with E-state index >= 15 is 0 Å². The number of benzene rings is 3. The highest BCUT2D eigenvalue weighted by Gasteiger charge is 2.17. The van der Waals surface area contributed by atoms with Crippen LogP contribution in [0.4, 0.5) is 0 Å². The Morgan fingerprint density at radius 2 is 0.885 bits per heavy atom. The van der Waals surface area contributed by atoms with E-state index in [1.165, 1.54) is 22.3 Å². The molecule has 0 amide bonds. The molecule has 2 atom stereocenters. The van der Waals surface area contributed by atoms with Crippen molar-refractivity contribution in [1.82, 2.24) is 0 Å². The lowest BCUT2D eigenvalue weighted by molar-refractivity contribution is 0.574. The Bertz CT molecular complexity index is 795. The Kier molecular flexibility index (Phi) is 4.87. The van der Waals surface area contributed by atoms with Gasteiger partial charge in [0.2, 0.25) is 0 Å². The zero-order valence-electron chi connectivity index (χ0n) is 15.1.